The average Bonchev–Trinajstić information content (AvgIpc) is 3.65. The van der Waals surface area contributed by atoms with E-state index in [0.717, 1.165) is 31.1 Å². The number of nitrogens with zero attached hydrogens (tertiary/aromatic N) is 3. The van der Waals surface area contributed by atoms with Gasteiger partial charge in [-0.05, 0) is 49.2 Å². The Bertz CT molecular complexity index is 1280. The first-order chi connectivity index (χ1) is 18.4. The van der Waals surface area contributed by atoms with Crippen LogP contribution in [-0.4, -0.2) is 66.6 Å². The van der Waals surface area contributed by atoms with Gasteiger partial charge in [0.2, 0.25) is 0 Å². The molecule has 2 fully saturated rings. The van der Waals surface area contributed by atoms with Crippen molar-refractivity contribution in [3.8, 4) is 5.69 Å². The van der Waals surface area contributed by atoms with E-state index in [1.54, 1.807) is 17.9 Å². The molecule has 2 saturated heterocycles. The van der Waals surface area contributed by atoms with Gasteiger partial charge in [0, 0.05) is 32.7 Å². The minimum absolute atomic E-state index is 0. The molecule has 40 heavy (non-hydrogen) atoms. The number of aromatic nitrogens is 2. The van der Waals surface area contributed by atoms with Gasteiger partial charge in [0.1, 0.15) is 10.7 Å². The fourth-order valence-corrected chi connectivity index (χ4v) is 5.54. The summed E-state index contributed by atoms with van der Waals surface area (Å²) in [5, 5.41) is 14.5. The van der Waals surface area contributed by atoms with E-state index in [2.05, 4.69) is 20.9 Å². The molecule has 5 rings (SSSR count). The monoisotopic (exact) mass is 616 g/mol. The number of methoxy groups -OCH3 is 1. The largest absolute Gasteiger partial charge is 0.383 e. The van der Waals surface area contributed by atoms with Crippen molar-refractivity contribution in [2.45, 2.75) is 30.8 Å². The quantitative estimate of drug-likeness (QED) is 0.319. The normalized spacial score (nSPS) is 20.6. The number of carbonyl (C=O) groups is 1. The number of ether oxygens (including phenoxy) is 1. The van der Waals surface area contributed by atoms with Crippen molar-refractivity contribution in [3.63, 3.8) is 0 Å². The summed E-state index contributed by atoms with van der Waals surface area (Å²) in [4.78, 5) is 15.5. The second-order valence-electron chi connectivity index (χ2n) is 9.68. The molecule has 0 spiro atoms. The Morgan fingerprint density at radius 2 is 1.93 bits per heavy atom. The third kappa shape index (κ3) is 7.05. The van der Waals surface area contributed by atoms with Crippen molar-refractivity contribution in [2.24, 2.45) is 0 Å². The predicted molar refractivity (Wildman–Crippen MR) is 156 cm³/mol. The van der Waals surface area contributed by atoms with Gasteiger partial charge in [-0.25, -0.2) is 18.3 Å². The first kappa shape index (κ1) is 32.0. The molecule has 13 heteroatoms. The van der Waals surface area contributed by atoms with Crippen LogP contribution in [0.5, 0.6) is 0 Å². The lowest BCUT2D eigenvalue weighted by molar-refractivity contribution is 0.159. The summed E-state index contributed by atoms with van der Waals surface area (Å²) in [5.74, 6) is -1.67. The third-order valence-electron chi connectivity index (χ3n) is 7.17. The molecular formula is C27H33Cl3F2N6O2. The molecule has 2 aromatic carbocycles. The predicted octanol–water partition coefficient (Wildman–Crippen LogP) is 5.31. The van der Waals surface area contributed by atoms with Crippen LogP contribution >= 0.6 is 36.4 Å². The zero-order valence-corrected chi connectivity index (χ0v) is 24.3. The van der Waals surface area contributed by atoms with Crippen molar-refractivity contribution in [1.29, 1.82) is 0 Å². The fourth-order valence-electron chi connectivity index (χ4n) is 5.25. The number of halogens is 5. The van der Waals surface area contributed by atoms with Crippen LogP contribution in [0.4, 0.5) is 19.4 Å². The number of hydrogen-bond donors (Lipinski definition) is 3. The van der Waals surface area contributed by atoms with E-state index in [-0.39, 0.29) is 42.8 Å². The van der Waals surface area contributed by atoms with Gasteiger partial charge >= 0.3 is 6.03 Å². The standard InChI is InChI=1S/C27H31ClF2N6O2.2ClH/c1-38-13-12-35-15-19(17-9-10-20(29)21(30)14-17)23(16-35)32-27(37)33-26-24(28)25(22-8-5-11-31-22)34-36(26)18-6-3-2-4-7-18;;/h2-4,6-7,9-10,14,19,22-23,31H,5,8,11-13,15-16H2,1H3,(H2,32,33,37);2*1H/t19-,22+,23+;;/m0../s1. The van der Waals surface area contributed by atoms with Crippen LogP contribution < -0.4 is 16.0 Å². The van der Waals surface area contributed by atoms with Crippen LogP contribution in [0.2, 0.25) is 5.02 Å². The van der Waals surface area contributed by atoms with Crippen molar-refractivity contribution in [1.82, 2.24) is 25.3 Å². The molecule has 218 valence electrons. The highest BCUT2D eigenvalue weighted by Gasteiger charge is 2.36. The summed E-state index contributed by atoms with van der Waals surface area (Å²) < 4.78 is 34.5. The van der Waals surface area contributed by atoms with Gasteiger partial charge in [-0.3, -0.25) is 10.2 Å². The Balaban J connectivity index is 0.00000220. The van der Waals surface area contributed by atoms with Gasteiger partial charge in [0.05, 0.1) is 24.4 Å². The second kappa shape index (κ2) is 14.4. The number of likely N-dealkylation sites (tertiary alicyclic amines) is 1. The maximum absolute atomic E-state index is 14.1. The second-order valence-corrected chi connectivity index (χ2v) is 10.1. The number of benzene rings is 2. The van der Waals surface area contributed by atoms with Gasteiger partial charge in [0.25, 0.3) is 0 Å². The summed E-state index contributed by atoms with van der Waals surface area (Å²) in [6, 6.07) is 12.6. The molecule has 3 atom stereocenters. The van der Waals surface area contributed by atoms with E-state index >= 15 is 0 Å². The van der Waals surface area contributed by atoms with E-state index in [1.807, 2.05) is 30.3 Å². The number of hydrogen-bond acceptors (Lipinski definition) is 5. The van der Waals surface area contributed by atoms with Gasteiger partial charge in [-0.2, -0.15) is 5.10 Å². The maximum Gasteiger partial charge on any atom is 0.320 e. The zero-order chi connectivity index (χ0) is 26.6. The summed E-state index contributed by atoms with van der Waals surface area (Å²) in [7, 11) is 1.63. The van der Waals surface area contributed by atoms with E-state index < -0.39 is 17.7 Å². The minimum atomic E-state index is -0.910. The first-order valence-electron chi connectivity index (χ1n) is 12.8. The summed E-state index contributed by atoms with van der Waals surface area (Å²) in [6.07, 6.45) is 1.93. The molecule has 8 nitrogen and oxygen atoms in total. The molecule has 2 aliphatic rings. The number of carbonyl (C=O) groups excluding carboxylic acids is 1. The Hall–Kier alpha value is -2.47. The lowest BCUT2D eigenvalue weighted by Gasteiger charge is -2.21. The minimum Gasteiger partial charge on any atom is -0.383 e. The highest BCUT2D eigenvalue weighted by atomic mass is 35.5. The molecule has 1 aromatic heterocycles. The highest BCUT2D eigenvalue weighted by molar-refractivity contribution is 6.34. The average molecular weight is 618 g/mol. The molecule has 0 radical (unpaired) electrons. The molecular weight excluding hydrogens is 585 g/mol. The first-order valence-corrected chi connectivity index (χ1v) is 13.1. The molecule has 0 saturated carbocycles. The summed E-state index contributed by atoms with van der Waals surface area (Å²) in [6.45, 7) is 3.16. The van der Waals surface area contributed by atoms with Crippen molar-refractivity contribution < 1.29 is 18.3 Å². The van der Waals surface area contributed by atoms with Crippen LogP contribution in [0.3, 0.4) is 0 Å². The van der Waals surface area contributed by atoms with Crippen LogP contribution in [0, 0.1) is 11.6 Å². The maximum atomic E-state index is 14.1. The van der Waals surface area contributed by atoms with Crippen LogP contribution in [-0.2, 0) is 4.74 Å². The van der Waals surface area contributed by atoms with Crippen LogP contribution in [0.1, 0.15) is 36.1 Å². The van der Waals surface area contributed by atoms with E-state index in [1.165, 1.54) is 6.07 Å². The molecule has 0 bridgehead atoms. The summed E-state index contributed by atoms with van der Waals surface area (Å²) in [5.41, 5.74) is 2.07. The number of para-hydroxylation sites is 1. The van der Waals surface area contributed by atoms with Crippen LogP contribution in [0.15, 0.2) is 48.5 Å². The lowest BCUT2D eigenvalue weighted by Crippen LogP contribution is -2.42. The van der Waals surface area contributed by atoms with E-state index in [9.17, 15) is 13.6 Å². The molecule has 3 aromatic rings. The molecule has 3 N–H and O–H groups in total. The zero-order valence-electron chi connectivity index (χ0n) is 21.9. The van der Waals surface area contributed by atoms with Gasteiger partial charge in [-0.1, -0.05) is 35.9 Å². The van der Waals surface area contributed by atoms with Crippen molar-refractivity contribution in [2.75, 3.05) is 45.2 Å². The van der Waals surface area contributed by atoms with E-state index in [4.69, 9.17) is 21.4 Å². The molecule has 2 aliphatic heterocycles. The number of anilines is 1. The van der Waals surface area contributed by atoms with Crippen LogP contribution in [0.25, 0.3) is 5.69 Å². The third-order valence-corrected chi connectivity index (χ3v) is 7.54. The molecule has 0 aliphatic carbocycles. The topological polar surface area (TPSA) is 83.4 Å². The van der Waals surface area contributed by atoms with Gasteiger partial charge in [0.15, 0.2) is 17.5 Å². The molecule has 3 heterocycles. The Morgan fingerprint density at radius 1 is 1.15 bits per heavy atom. The Kier molecular flexibility index (Phi) is 11.6. The van der Waals surface area contributed by atoms with Crippen molar-refractivity contribution >= 4 is 48.3 Å². The highest BCUT2D eigenvalue weighted by Crippen LogP contribution is 2.35. The Morgan fingerprint density at radius 3 is 2.60 bits per heavy atom. The number of rotatable bonds is 8. The van der Waals surface area contributed by atoms with Gasteiger partial charge < -0.3 is 15.4 Å². The smallest absolute Gasteiger partial charge is 0.320 e. The number of urea groups is 1. The number of amides is 2. The number of nitrogens with one attached hydrogen (secondary N) is 3. The lowest BCUT2D eigenvalue weighted by atomic mass is 9.94. The summed E-state index contributed by atoms with van der Waals surface area (Å²) >= 11 is 6.79. The fraction of sp³-hybridized carbons (Fsp3) is 0.407. The van der Waals surface area contributed by atoms with E-state index in [0.29, 0.717) is 48.3 Å². The molecule has 2 amide bonds. The molecule has 0 unspecified atom stereocenters. The Labute approximate surface area is 249 Å². The SMILES string of the molecule is COCCN1C[C@@H](NC(=O)Nc2c(Cl)c([C@H]3CCCN3)nn2-c2ccccc2)[C@H](c2ccc(F)c(F)c2)C1.Cl.Cl. The van der Waals surface area contributed by atoms with Crippen molar-refractivity contribution in [3.05, 3.63) is 76.4 Å². The van der Waals surface area contributed by atoms with Gasteiger partial charge in [-0.15, -0.1) is 24.8 Å².